The molecule has 1 saturated heterocycles. The zero-order valence-corrected chi connectivity index (χ0v) is 20.7. The van der Waals surface area contributed by atoms with E-state index in [4.69, 9.17) is 4.74 Å². The van der Waals surface area contributed by atoms with Crippen LogP contribution in [-0.4, -0.2) is 17.8 Å². The van der Waals surface area contributed by atoms with Crippen LogP contribution < -0.4 is 10.1 Å². The summed E-state index contributed by atoms with van der Waals surface area (Å²) in [5.41, 5.74) is 5.92. The number of nitrogens with one attached hydrogen (secondary N) is 1. The molecule has 6 heteroatoms. The number of thioether (sulfide) groups is 1. The van der Waals surface area contributed by atoms with E-state index in [1.54, 1.807) is 0 Å². The van der Waals surface area contributed by atoms with Crippen molar-refractivity contribution in [1.29, 1.82) is 0 Å². The van der Waals surface area contributed by atoms with Crippen molar-refractivity contribution in [3.05, 3.63) is 100 Å². The van der Waals surface area contributed by atoms with E-state index in [1.807, 2.05) is 36.4 Å². The maximum absolute atomic E-state index is 13.2. The van der Waals surface area contributed by atoms with Gasteiger partial charge in [0.1, 0.15) is 16.8 Å². The largest absolute Gasteiger partial charge is 0.494 e. The quantitative estimate of drug-likeness (QED) is 0.300. The van der Waals surface area contributed by atoms with Crippen LogP contribution in [0.1, 0.15) is 59.3 Å². The fourth-order valence-electron chi connectivity index (χ4n) is 4.32. The molecular weight excluding hydrogens is 461 g/mol. The summed E-state index contributed by atoms with van der Waals surface area (Å²) < 4.78 is 19.1. The molecule has 0 spiro atoms. The molecule has 4 nitrogen and oxygen atoms in total. The average molecular weight is 492 g/mol. The van der Waals surface area contributed by atoms with Crippen molar-refractivity contribution in [3.8, 4) is 5.75 Å². The van der Waals surface area contributed by atoms with Gasteiger partial charge in [-0.25, -0.2) is 4.39 Å². The number of unbranched alkanes of at least 4 members (excludes halogenated alkanes) is 1. The lowest BCUT2D eigenvalue weighted by Crippen LogP contribution is -2.20. The van der Waals surface area contributed by atoms with Gasteiger partial charge in [0.15, 0.2) is 0 Å². The number of imide groups is 1. The molecule has 0 aromatic heterocycles. The maximum atomic E-state index is 13.2. The maximum Gasteiger partial charge on any atom is 0.286 e. The molecule has 3 aromatic carbocycles. The van der Waals surface area contributed by atoms with E-state index in [0.29, 0.717) is 12.4 Å². The van der Waals surface area contributed by atoms with Crippen LogP contribution in [-0.2, 0) is 24.1 Å². The first-order valence-corrected chi connectivity index (χ1v) is 13.0. The first-order valence-electron chi connectivity index (χ1n) is 12.1. The fourth-order valence-corrected chi connectivity index (χ4v) is 5.15. The number of rotatable bonds is 11. The van der Waals surface area contributed by atoms with E-state index in [0.717, 1.165) is 61.4 Å². The highest BCUT2D eigenvalue weighted by Crippen LogP contribution is 2.35. The van der Waals surface area contributed by atoms with Gasteiger partial charge in [-0.2, -0.15) is 0 Å². The molecule has 1 atom stereocenters. The van der Waals surface area contributed by atoms with Gasteiger partial charge in [0.25, 0.3) is 5.24 Å². The number of halogens is 1. The normalized spacial score (nSPS) is 15.3. The topological polar surface area (TPSA) is 55.4 Å². The highest BCUT2D eigenvalue weighted by atomic mass is 32.2. The summed E-state index contributed by atoms with van der Waals surface area (Å²) in [6.07, 6.45) is 5.88. The molecule has 4 rings (SSSR count). The monoisotopic (exact) mass is 491 g/mol. The Kier molecular flexibility index (Phi) is 8.59. The van der Waals surface area contributed by atoms with Gasteiger partial charge < -0.3 is 4.74 Å². The van der Waals surface area contributed by atoms with Crippen molar-refractivity contribution >= 4 is 22.9 Å². The van der Waals surface area contributed by atoms with Crippen molar-refractivity contribution in [3.63, 3.8) is 0 Å². The van der Waals surface area contributed by atoms with E-state index in [9.17, 15) is 14.0 Å². The molecule has 1 heterocycles. The molecule has 1 fully saturated rings. The average Bonchev–Trinajstić information content (AvgIpc) is 3.20. The molecule has 35 heavy (non-hydrogen) atoms. The molecule has 0 aliphatic carbocycles. The van der Waals surface area contributed by atoms with Crippen molar-refractivity contribution in [2.75, 3.05) is 6.61 Å². The fraction of sp³-hybridized carbons (Fsp3) is 0.310. The van der Waals surface area contributed by atoms with Crippen LogP contribution in [0.4, 0.5) is 9.18 Å². The smallest absolute Gasteiger partial charge is 0.286 e. The summed E-state index contributed by atoms with van der Waals surface area (Å²) in [5.74, 6) is 0.236. The first-order chi connectivity index (χ1) is 17.0. The Morgan fingerprint density at radius 2 is 1.71 bits per heavy atom. The second-order valence-corrected chi connectivity index (χ2v) is 9.89. The van der Waals surface area contributed by atoms with Gasteiger partial charge in [0, 0.05) is 0 Å². The Morgan fingerprint density at radius 1 is 0.914 bits per heavy atom. The number of amides is 2. The molecule has 1 aliphatic rings. The third kappa shape index (κ3) is 6.95. The predicted molar refractivity (Wildman–Crippen MR) is 138 cm³/mol. The lowest BCUT2D eigenvalue weighted by molar-refractivity contribution is -0.119. The number of benzene rings is 3. The minimum Gasteiger partial charge on any atom is -0.494 e. The van der Waals surface area contributed by atoms with Gasteiger partial charge in [0.2, 0.25) is 5.91 Å². The number of carbonyl (C=O) groups excluding carboxylic acids is 2. The number of hydrogen-bond acceptors (Lipinski definition) is 4. The van der Waals surface area contributed by atoms with Gasteiger partial charge in [-0.3, -0.25) is 14.9 Å². The molecule has 0 bridgehead atoms. The minimum absolute atomic E-state index is 0.204. The summed E-state index contributed by atoms with van der Waals surface area (Å²) >= 11 is 1.00. The summed E-state index contributed by atoms with van der Waals surface area (Å²) in [6.45, 7) is 2.79. The lowest BCUT2D eigenvalue weighted by Gasteiger charge is -2.13. The minimum atomic E-state index is -0.505. The molecule has 0 saturated carbocycles. The second kappa shape index (κ2) is 12.0. The second-order valence-electron chi connectivity index (χ2n) is 8.81. The van der Waals surface area contributed by atoms with Gasteiger partial charge in [-0.15, -0.1) is 0 Å². The van der Waals surface area contributed by atoms with E-state index >= 15 is 0 Å². The highest BCUT2D eigenvalue weighted by Gasteiger charge is 2.32. The van der Waals surface area contributed by atoms with Crippen LogP contribution in [0.3, 0.4) is 0 Å². The number of hydrogen-bond donors (Lipinski definition) is 1. The zero-order valence-electron chi connectivity index (χ0n) is 19.9. The molecule has 1 N–H and O–H groups in total. The molecule has 1 aliphatic heterocycles. The Labute approximate surface area is 210 Å². The summed E-state index contributed by atoms with van der Waals surface area (Å²) in [7, 11) is 0. The zero-order chi connectivity index (χ0) is 24.6. The van der Waals surface area contributed by atoms with Crippen LogP contribution in [0.5, 0.6) is 5.75 Å². The molecular formula is C29H30FNO3S. The first kappa shape index (κ1) is 25.0. The Morgan fingerprint density at radius 3 is 2.46 bits per heavy atom. The van der Waals surface area contributed by atoms with Crippen LogP contribution >= 0.6 is 11.8 Å². The van der Waals surface area contributed by atoms with Gasteiger partial charge in [-0.1, -0.05) is 55.8 Å². The van der Waals surface area contributed by atoms with Crippen LogP contribution in [0.2, 0.25) is 0 Å². The number of ether oxygens (including phenoxy) is 1. The van der Waals surface area contributed by atoms with Gasteiger partial charge in [-0.05, 0) is 95.9 Å². The molecule has 2 amide bonds. The van der Waals surface area contributed by atoms with Crippen molar-refractivity contribution < 1.29 is 18.7 Å². The van der Waals surface area contributed by atoms with E-state index in [1.165, 1.54) is 28.8 Å². The summed E-state index contributed by atoms with van der Waals surface area (Å²) in [4.78, 5) is 23.4. The van der Waals surface area contributed by atoms with Crippen molar-refractivity contribution in [1.82, 2.24) is 5.32 Å². The Bertz CT molecular complexity index is 1180. The predicted octanol–water partition coefficient (Wildman–Crippen LogP) is 6.79. The Hall–Kier alpha value is -3.12. The van der Waals surface area contributed by atoms with Crippen LogP contribution in [0.25, 0.3) is 0 Å². The molecule has 1 unspecified atom stereocenters. The number of aryl methyl sites for hydroxylation is 2. The van der Waals surface area contributed by atoms with Gasteiger partial charge >= 0.3 is 0 Å². The van der Waals surface area contributed by atoms with Gasteiger partial charge in [0.05, 0.1) is 6.61 Å². The van der Waals surface area contributed by atoms with E-state index in [-0.39, 0.29) is 17.0 Å². The SMILES string of the molecule is CCCc1cc(Cc2ccc(F)cc2)ccc1CCCCOc1cccc(C2SC(=O)NC2=O)c1. The van der Waals surface area contributed by atoms with Crippen LogP contribution in [0.15, 0.2) is 66.7 Å². The van der Waals surface area contributed by atoms with Crippen molar-refractivity contribution in [2.24, 2.45) is 0 Å². The highest BCUT2D eigenvalue weighted by molar-refractivity contribution is 8.15. The Balaban J connectivity index is 1.28. The van der Waals surface area contributed by atoms with E-state index in [2.05, 4.69) is 30.4 Å². The molecule has 3 aromatic rings. The molecule has 0 radical (unpaired) electrons. The van der Waals surface area contributed by atoms with Crippen molar-refractivity contribution in [2.45, 2.75) is 50.7 Å². The van der Waals surface area contributed by atoms with E-state index < -0.39 is 5.25 Å². The standard InChI is InChI=1S/C29H30FNO3S/c1-2-6-23-18-21(17-20-11-14-25(30)15-12-20)10-13-22(23)7-3-4-16-34-26-9-5-8-24(19-26)27-28(32)31-29(33)35-27/h5,8-15,18-19,27H,2-4,6-7,16-17H2,1H3,(H,31,32,33). The van der Waals surface area contributed by atoms with Crippen LogP contribution in [0, 0.1) is 5.82 Å². The lowest BCUT2D eigenvalue weighted by atomic mass is 9.94. The summed E-state index contributed by atoms with van der Waals surface area (Å²) in [5, 5.41) is 1.51. The number of carbonyl (C=O) groups is 2. The molecule has 182 valence electrons. The third-order valence-electron chi connectivity index (χ3n) is 6.07. The summed E-state index contributed by atoms with van der Waals surface area (Å²) in [6, 6.07) is 20.9. The third-order valence-corrected chi connectivity index (χ3v) is 7.11.